The maximum absolute atomic E-state index is 11.3. The number of sulfone groups is 1. The summed E-state index contributed by atoms with van der Waals surface area (Å²) in [5.41, 5.74) is 0. The predicted octanol–water partition coefficient (Wildman–Crippen LogP) is -0.0299. The molecule has 0 aromatic carbocycles. The summed E-state index contributed by atoms with van der Waals surface area (Å²) in [4.78, 5) is 13.1. The van der Waals surface area contributed by atoms with Crippen molar-refractivity contribution in [3.8, 4) is 0 Å². The van der Waals surface area contributed by atoms with E-state index in [0.717, 1.165) is 19.3 Å². The molecule has 1 N–H and O–H groups in total. The number of carboxylic acids is 1. The Labute approximate surface area is 95.4 Å². The summed E-state index contributed by atoms with van der Waals surface area (Å²) in [6.07, 6.45) is 2.55. The van der Waals surface area contributed by atoms with Gasteiger partial charge in [0.2, 0.25) is 0 Å². The molecule has 5 nitrogen and oxygen atoms in total. The van der Waals surface area contributed by atoms with Gasteiger partial charge < -0.3 is 5.11 Å². The van der Waals surface area contributed by atoms with Crippen LogP contribution >= 0.6 is 0 Å². The second-order valence-electron chi connectivity index (χ2n) is 4.63. The van der Waals surface area contributed by atoms with Gasteiger partial charge in [0, 0.05) is 19.1 Å². The van der Waals surface area contributed by atoms with Crippen molar-refractivity contribution in [2.24, 2.45) is 5.92 Å². The zero-order valence-corrected chi connectivity index (χ0v) is 9.95. The Bertz CT molecular complexity index is 364. The third-order valence-electron chi connectivity index (χ3n) is 3.64. The molecule has 1 saturated heterocycles. The molecule has 1 heterocycles. The fourth-order valence-electron chi connectivity index (χ4n) is 2.72. The summed E-state index contributed by atoms with van der Waals surface area (Å²) in [5.74, 6) is -0.692. The molecule has 92 valence electrons. The number of hydrogen-bond donors (Lipinski definition) is 1. The molecule has 2 aliphatic rings. The van der Waals surface area contributed by atoms with Crippen molar-refractivity contribution in [2.75, 3.05) is 24.6 Å². The van der Waals surface area contributed by atoms with Gasteiger partial charge in [-0.05, 0) is 12.8 Å². The SMILES string of the molecule is O=C(O)C1CCCC1N1CCS(=O)(=O)CC1. The van der Waals surface area contributed by atoms with Gasteiger partial charge in [-0.2, -0.15) is 0 Å². The first-order valence-corrected chi connectivity index (χ1v) is 7.49. The Kier molecular flexibility index (Phi) is 3.21. The largest absolute Gasteiger partial charge is 0.481 e. The van der Waals surface area contributed by atoms with Crippen LogP contribution in [0, 0.1) is 5.92 Å². The fourth-order valence-corrected chi connectivity index (χ4v) is 3.95. The number of carbonyl (C=O) groups is 1. The Morgan fingerprint density at radius 2 is 1.81 bits per heavy atom. The van der Waals surface area contributed by atoms with E-state index in [1.165, 1.54) is 0 Å². The topological polar surface area (TPSA) is 74.7 Å². The van der Waals surface area contributed by atoms with Crippen LogP contribution < -0.4 is 0 Å². The van der Waals surface area contributed by atoms with Crippen molar-refractivity contribution < 1.29 is 18.3 Å². The fraction of sp³-hybridized carbons (Fsp3) is 0.900. The first kappa shape index (κ1) is 11.9. The molecule has 0 spiro atoms. The standard InChI is InChI=1S/C10H17NO4S/c12-10(13)8-2-1-3-9(8)11-4-6-16(14,15)7-5-11/h8-9H,1-7H2,(H,12,13). The zero-order valence-electron chi connectivity index (χ0n) is 9.13. The molecule has 2 fully saturated rings. The van der Waals surface area contributed by atoms with E-state index < -0.39 is 15.8 Å². The summed E-state index contributed by atoms with van der Waals surface area (Å²) in [6, 6.07) is 0.0491. The maximum atomic E-state index is 11.3. The van der Waals surface area contributed by atoms with Gasteiger partial charge in [-0.1, -0.05) is 6.42 Å². The van der Waals surface area contributed by atoms with Crippen molar-refractivity contribution >= 4 is 15.8 Å². The highest BCUT2D eigenvalue weighted by Gasteiger charge is 2.38. The number of carboxylic acid groups (broad SMARTS) is 1. The molecule has 0 bridgehead atoms. The van der Waals surface area contributed by atoms with Crippen LogP contribution in [0.25, 0.3) is 0 Å². The van der Waals surface area contributed by atoms with Gasteiger partial charge in [-0.25, -0.2) is 8.42 Å². The first-order chi connectivity index (χ1) is 7.49. The summed E-state index contributed by atoms with van der Waals surface area (Å²) < 4.78 is 22.6. The monoisotopic (exact) mass is 247 g/mol. The molecule has 2 rings (SSSR count). The minimum Gasteiger partial charge on any atom is -0.481 e. The number of hydrogen-bond acceptors (Lipinski definition) is 4. The van der Waals surface area contributed by atoms with Gasteiger partial charge >= 0.3 is 5.97 Å². The lowest BCUT2D eigenvalue weighted by atomic mass is 10.0. The molecule has 2 unspecified atom stereocenters. The minimum atomic E-state index is -2.87. The highest BCUT2D eigenvalue weighted by atomic mass is 32.2. The lowest BCUT2D eigenvalue weighted by Gasteiger charge is -2.34. The predicted molar refractivity (Wildman–Crippen MR) is 59.0 cm³/mol. The van der Waals surface area contributed by atoms with E-state index in [1.807, 2.05) is 4.90 Å². The molecule has 0 aromatic heterocycles. The number of aliphatic carboxylic acids is 1. The van der Waals surface area contributed by atoms with Crippen LogP contribution in [0.15, 0.2) is 0 Å². The Balaban J connectivity index is 2.01. The number of rotatable bonds is 2. The second kappa shape index (κ2) is 4.33. The molecular weight excluding hydrogens is 230 g/mol. The Morgan fingerprint density at radius 1 is 1.19 bits per heavy atom. The van der Waals surface area contributed by atoms with Crippen molar-refractivity contribution in [1.29, 1.82) is 0 Å². The van der Waals surface area contributed by atoms with E-state index in [4.69, 9.17) is 5.11 Å². The normalized spacial score (nSPS) is 35.0. The Morgan fingerprint density at radius 3 is 2.38 bits per heavy atom. The van der Waals surface area contributed by atoms with Crippen LogP contribution in [-0.2, 0) is 14.6 Å². The third kappa shape index (κ3) is 2.38. The van der Waals surface area contributed by atoms with Crippen molar-refractivity contribution in [3.63, 3.8) is 0 Å². The summed E-state index contributed by atoms with van der Waals surface area (Å²) in [5, 5.41) is 9.07. The van der Waals surface area contributed by atoms with Gasteiger partial charge in [0.05, 0.1) is 17.4 Å². The van der Waals surface area contributed by atoms with E-state index in [-0.39, 0.29) is 23.5 Å². The average Bonchev–Trinajstić information content (AvgIpc) is 2.66. The molecular formula is C10H17NO4S. The molecule has 0 aromatic rings. The zero-order chi connectivity index (χ0) is 11.8. The van der Waals surface area contributed by atoms with E-state index in [2.05, 4.69) is 0 Å². The van der Waals surface area contributed by atoms with Crippen molar-refractivity contribution in [2.45, 2.75) is 25.3 Å². The quantitative estimate of drug-likeness (QED) is 0.741. The van der Waals surface area contributed by atoms with E-state index in [1.54, 1.807) is 0 Å². The van der Waals surface area contributed by atoms with Gasteiger partial charge in [0.1, 0.15) is 0 Å². The highest BCUT2D eigenvalue weighted by Crippen LogP contribution is 2.30. The van der Waals surface area contributed by atoms with Crippen LogP contribution in [0.5, 0.6) is 0 Å². The first-order valence-electron chi connectivity index (χ1n) is 5.67. The van der Waals surface area contributed by atoms with Gasteiger partial charge in [-0.3, -0.25) is 9.69 Å². The van der Waals surface area contributed by atoms with E-state index in [9.17, 15) is 13.2 Å². The molecule has 2 atom stereocenters. The van der Waals surface area contributed by atoms with Crippen LogP contribution in [-0.4, -0.2) is 55.0 Å². The molecule has 1 saturated carbocycles. The summed E-state index contributed by atoms with van der Waals surface area (Å²) >= 11 is 0. The van der Waals surface area contributed by atoms with Crippen LogP contribution in [0.1, 0.15) is 19.3 Å². The van der Waals surface area contributed by atoms with Gasteiger partial charge in [0.15, 0.2) is 9.84 Å². The van der Waals surface area contributed by atoms with Gasteiger partial charge in [0.25, 0.3) is 0 Å². The van der Waals surface area contributed by atoms with E-state index >= 15 is 0 Å². The lowest BCUT2D eigenvalue weighted by molar-refractivity contribution is -0.143. The van der Waals surface area contributed by atoms with Crippen LogP contribution in [0.2, 0.25) is 0 Å². The smallest absolute Gasteiger partial charge is 0.308 e. The van der Waals surface area contributed by atoms with Crippen molar-refractivity contribution in [1.82, 2.24) is 4.90 Å². The molecule has 1 aliphatic carbocycles. The average molecular weight is 247 g/mol. The summed E-state index contributed by atoms with van der Waals surface area (Å²) in [7, 11) is -2.87. The third-order valence-corrected chi connectivity index (χ3v) is 5.25. The second-order valence-corrected chi connectivity index (χ2v) is 6.93. The van der Waals surface area contributed by atoms with E-state index in [0.29, 0.717) is 13.1 Å². The Hall–Kier alpha value is -0.620. The lowest BCUT2D eigenvalue weighted by Crippen LogP contribution is -2.48. The molecule has 0 amide bonds. The molecule has 1 aliphatic heterocycles. The minimum absolute atomic E-state index is 0.0491. The molecule has 6 heteroatoms. The van der Waals surface area contributed by atoms with Crippen molar-refractivity contribution in [3.05, 3.63) is 0 Å². The summed E-state index contributed by atoms with van der Waals surface area (Å²) in [6.45, 7) is 0.994. The van der Waals surface area contributed by atoms with Crippen LogP contribution in [0.4, 0.5) is 0 Å². The number of nitrogens with zero attached hydrogens (tertiary/aromatic N) is 1. The molecule has 0 radical (unpaired) electrons. The maximum Gasteiger partial charge on any atom is 0.308 e. The van der Waals surface area contributed by atoms with Crippen LogP contribution in [0.3, 0.4) is 0 Å². The van der Waals surface area contributed by atoms with Gasteiger partial charge in [-0.15, -0.1) is 0 Å². The molecule has 16 heavy (non-hydrogen) atoms. The highest BCUT2D eigenvalue weighted by molar-refractivity contribution is 7.91.